The molecule has 4 nitrogen and oxygen atoms in total. The van der Waals surface area contributed by atoms with Crippen molar-refractivity contribution in [2.24, 2.45) is 0 Å². The molecule has 0 aliphatic carbocycles. The van der Waals surface area contributed by atoms with Gasteiger partial charge in [0.2, 0.25) is 0 Å². The number of carbonyl (C=O) groups excluding carboxylic acids is 1. The Kier molecular flexibility index (Phi) is 3.34. The van der Waals surface area contributed by atoms with Gasteiger partial charge < -0.3 is 15.0 Å². The lowest BCUT2D eigenvalue weighted by molar-refractivity contribution is 0.148. The second kappa shape index (κ2) is 4.30. The molecule has 4 heteroatoms. The minimum Gasteiger partial charge on any atom is -0.450 e. The lowest BCUT2D eigenvalue weighted by atomic mass is 10.3. The number of hydrogen-bond acceptors (Lipinski definition) is 3. The summed E-state index contributed by atoms with van der Waals surface area (Å²) in [6.07, 6.45) is 0.729. The van der Waals surface area contributed by atoms with E-state index in [1.165, 1.54) is 0 Å². The molecule has 1 amide bonds. The molecule has 0 aromatic heterocycles. The number of hydrogen-bond donors (Lipinski definition) is 1. The summed E-state index contributed by atoms with van der Waals surface area (Å²) in [4.78, 5) is 13.1. The molecule has 1 aliphatic heterocycles. The van der Waals surface area contributed by atoms with Crippen LogP contribution >= 0.6 is 0 Å². The zero-order valence-corrected chi connectivity index (χ0v) is 7.67. The second-order valence-electron chi connectivity index (χ2n) is 3.11. The summed E-state index contributed by atoms with van der Waals surface area (Å²) in [5, 5.41) is 2.81. The molecule has 0 spiro atoms. The zero-order valence-electron chi connectivity index (χ0n) is 7.67. The first-order valence-electron chi connectivity index (χ1n) is 4.34. The normalized spacial score (nSPS) is 24.0. The Balaban J connectivity index is 2.18. The van der Waals surface area contributed by atoms with Gasteiger partial charge in [0.25, 0.3) is 0 Å². The van der Waals surface area contributed by atoms with E-state index in [0.29, 0.717) is 6.61 Å². The molecule has 1 atom stereocenters. The molecular weight excluding hydrogens is 156 g/mol. The van der Waals surface area contributed by atoms with Crippen LogP contribution in [0.4, 0.5) is 4.79 Å². The van der Waals surface area contributed by atoms with Crippen molar-refractivity contribution in [3.63, 3.8) is 0 Å². The number of rotatable bonds is 2. The maximum absolute atomic E-state index is 11.0. The van der Waals surface area contributed by atoms with Gasteiger partial charge in [-0.05, 0) is 26.9 Å². The van der Waals surface area contributed by atoms with Gasteiger partial charge in [-0.25, -0.2) is 4.79 Å². The van der Waals surface area contributed by atoms with Crippen molar-refractivity contribution in [3.8, 4) is 0 Å². The van der Waals surface area contributed by atoms with Crippen LogP contribution in [0.15, 0.2) is 0 Å². The monoisotopic (exact) mass is 172 g/mol. The number of nitrogens with one attached hydrogen (secondary N) is 1. The summed E-state index contributed by atoms with van der Waals surface area (Å²) in [7, 11) is 2.05. The fraction of sp³-hybridized carbons (Fsp3) is 0.875. The van der Waals surface area contributed by atoms with Crippen LogP contribution < -0.4 is 5.32 Å². The van der Waals surface area contributed by atoms with E-state index in [1.54, 1.807) is 6.92 Å². The largest absolute Gasteiger partial charge is 0.450 e. The Morgan fingerprint density at radius 2 is 2.50 bits per heavy atom. The minimum absolute atomic E-state index is 0.272. The Hall–Kier alpha value is -0.770. The highest BCUT2D eigenvalue weighted by Crippen LogP contribution is 2.05. The number of alkyl carbamates (subject to hydrolysis) is 1. The van der Waals surface area contributed by atoms with Crippen molar-refractivity contribution < 1.29 is 9.53 Å². The van der Waals surface area contributed by atoms with E-state index in [0.717, 1.165) is 19.5 Å². The smallest absolute Gasteiger partial charge is 0.407 e. The zero-order chi connectivity index (χ0) is 8.97. The quantitative estimate of drug-likeness (QED) is 0.657. The van der Waals surface area contributed by atoms with Crippen molar-refractivity contribution in [2.75, 3.05) is 26.7 Å². The SMILES string of the molecule is CCOC(=O)N[C@@H]1CCN(C)C1. The van der Waals surface area contributed by atoms with Crippen molar-refractivity contribution >= 4 is 6.09 Å². The highest BCUT2D eigenvalue weighted by Gasteiger charge is 2.20. The van der Waals surface area contributed by atoms with Crippen LogP contribution in [0.1, 0.15) is 13.3 Å². The van der Waals surface area contributed by atoms with E-state index < -0.39 is 0 Å². The summed E-state index contributed by atoms with van der Waals surface area (Å²) < 4.78 is 4.77. The Morgan fingerprint density at radius 3 is 3.00 bits per heavy atom. The molecule has 1 rings (SSSR count). The number of likely N-dealkylation sites (tertiary alicyclic amines) is 1. The first kappa shape index (κ1) is 9.32. The predicted octanol–water partition coefficient (Wildman–Crippen LogP) is 0.437. The average Bonchev–Trinajstić information content (AvgIpc) is 2.36. The number of likely N-dealkylation sites (N-methyl/N-ethyl adjacent to an activating group) is 1. The third-order valence-corrected chi connectivity index (χ3v) is 1.99. The maximum Gasteiger partial charge on any atom is 0.407 e. The van der Waals surface area contributed by atoms with E-state index in [4.69, 9.17) is 4.74 Å². The van der Waals surface area contributed by atoms with Gasteiger partial charge >= 0.3 is 6.09 Å². The van der Waals surface area contributed by atoms with Crippen LogP contribution in [-0.2, 0) is 4.74 Å². The van der Waals surface area contributed by atoms with E-state index >= 15 is 0 Å². The molecule has 0 saturated carbocycles. The molecule has 1 fully saturated rings. The molecule has 0 aromatic carbocycles. The summed E-state index contributed by atoms with van der Waals surface area (Å²) in [6.45, 7) is 4.23. The van der Waals surface area contributed by atoms with Crippen LogP contribution in [0, 0.1) is 0 Å². The van der Waals surface area contributed by atoms with Crippen LogP contribution in [0.25, 0.3) is 0 Å². The van der Waals surface area contributed by atoms with Crippen LogP contribution in [0.5, 0.6) is 0 Å². The molecule has 12 heavy (non-hydrogen) atoms. The molecule has 0 bridgehead atoms. The van der Waals surface area contributed by atoms with Crippen molar-refractivity contribution in [2.45, 2.75) is 19.4 Å². The van der Waals surface area contributed by atoms with Gasteiger partial charge in [-0.15, -0.1) is 0 Å². The topological polar surface area (TPSA) is 41.6 Å². The van der Waals surface area contributed by atoms with Gasteiger partial charge in [-0.2, -0.15) is 0 Å². The lowest BCUT2D eigenvalue weighted by Gasteiger charge is -2.11. The highest BCUT2D eigenvalue weighted by atomic mass is 16.5. The van der Waals surface area contributed by atoms with Gasteiger partial charge in [0.05, 0.1) is 6.61 Å². The standard InChI is InChI=1S/C8H16N2O2/c1-3-12-8(11)9-7-4-5-10(2)6-7/h7H,3-6H2,1-2H3,(H,9,11)/t7-/m1/s1. The molecule has 1 aliphatic rings. The Bertz CT molecular complexity index is 161. The first-order chi connectivity index (χ1) is 5.72. The number of ether oxygens (including phenoxy) is 1. The number of carbonyl (C=O) groups is 1. The summed E-state index contributed by atoms with van der Waals surface area (Å²) in [5.41, 5.74) is 0. The summed E-state index contributed by atoms with van der Waals surface area (Å²) >= 11 is 0. The summed E-state index contributed by atoms with van der Waals surface area (Å²) in [6, 6.07) is 0.272. The average molecular weight is 172 g/mol. The molecule has 1 saturated heterocycles. The van der Waals surface area contributed by atoms with E-state index in [2.05, 4.69) is 10.2 Å². The lowest BCUT2D eigenvalue weighted by Crippen LogP contribution is -2.36. The molecule has 0 aromatic rings. The molecule has 1 N–H and O–H groups in total. The minimum atomic E-state index is -0.294. The third kappa shape index (κ3) is 2.70. The third-order valence-electron chi connectivity index (χ3n) is 1.99. The fourth-order valence-electron chi connectivity index (χ4n) is 1.39. The highest BCUT2D eigenvalue weighted by molar-refractivity contribution is 5.67. The molecule has 0 radical (unpaired) electrons. The van der Waals surface area contributed by atoms with Crippen LogP contribution in [-0.4, -0.2) is 43.8 Å². The van der Waals surface area contributed by atoms with Crippen molar-refractivity contribution in [1.29, 1.82) is 0 Å². The van der Waals surface area contributed by atoms with Gasteiger partial charge in [0.1, 0.15) is 0 Å². The van der Waals surface area contributed by atoms with Gasteiger partial charge in [-0.3, -0.25) is 0 Å². The predicted molar refractivity (Wildman–Crippen MR) is 46.1 cm³/mol. The first-order valence-corrected chi connectivity index (χ1v) is 4.34. The molecular formula is C8H16N2O2. The maximum atomic E-state index is 11.0. The van der Waals surface area contributed by atoms with E-state index in [-0.39, 0.29) is 12.1 Å². The van der Waals surface area contributed by atoms with Crippen LogP contribution in [0.3, 0.4) is 0 Å². The van der Waals surface area contributed by atoms with Gasteiger partial charge in [-0.1, -0.05) is 0 Å². The van der Waals surface area contributed by atoms with Gasteiger partial charge in [0.15, 0.2) is 0 Å². The van der Waals surface area contributed by atoms with Crippen molar-refractivity contribution in [3.05, 3.63) is 0 Å². The molecule has 0 unspecified atom stereocenters. The number of nitrogens with zero attached hydrogens (tertiary/aromatic N) is 1. The van der Waals surface area contributed by atoms with E-state index in [9.17, 15) is 4.79 Å². The molecule has 70 valence electrons. The van der Waals surface area contributed by atoms with Gasteiger partial charge in [0, 0.05) is 12.6 Å². The van der Waals surface area contributed by atoms with Crippen LogP contribution in [0.2, 0.25) is 0 Å². The number of amides is 1. The molecule has 1 heterocycles. The Labute approximate surface area is 72.9 Å². The summed E-state index contributed by atoms with van der Waals surface area (Å²) in [5.74, 6) is 0. The van der Waals surface area contributed by atoms with E-state index in [1.807, 2.05) is 7.05 Å². The second-order valence-corrected chi connectivity index (χ2v) is 3.11. The van der Waals surface area contributed by atoms with Crippen molar-refractivity contribution in [1.82, 2.24) is 10.2 Å². The Morgan fingerprint density at radius 1 is 1.75 bits per heavy atom. The fourth-order valence-corrected chi connectivity index (χ4v) is 1.39.